The number of aryl methyl sites for hydroxylation is 1. The molecule has 1 aromatic heterocycles. The Hall–Kier alpha value is -1.91. The van der Waals surface area contributed by atoms with E-state index in [1.54, 1.807) is 25.3 Å². The number of pyridine rings is 1. The van der Waals surface area contributed by atoms with Crippen molar-refractivity contribution < 1.29 is 14.7 Å². The van der Waals surface area contributed by atoms with Crippen molar-refractivity contribution in [2.24, 2.45) is 0 Å². The highest BCUT2D eigenvalue weighted by Gasteiger charge is 2.17. The Kier molecular flexibility index (Phi) is 5.30. The van der Waals surface area contributed by atoms with Gasteiger partial charge in [0.05, 0.1) is 12.0 Å². The summed E-state index contributed by atoms with van der Waals surface area (Å²) in [7, 11) is 0. The van der Waals surface area contributed by atoms with Crippen LogP contribution in [0.1, 0.15) is 42.2 Å². The summed E-state index contributed by atoms with van der Waals surface area (Å²) in [6.45, 7) is 3.71. The van der Waals surface area contributed by atoms with Crippen molar-refractivity contribution in [1.29, 1.82) is 0 Å². The van der Waals surface area contributed by atoms with Gasteiger partial charge in [-0.1, -0.05) is 13.3 Å². The van der Waals surface area contributed by atoms with Gasteiger partial charge in [-0.3, -0.25) is 14.6 Å². The largest absolute Gasteiger partial charge is 0.481 e. The van der Waals surface area contributed by atoms with E-state index in [0.717, 1.165) is 6.42 Å². The summed E-state index contributed by atoms with van der Waals surface area (Å²) >= 11 is 0. The molecule has 0 saturated heterocycles. The number of carboxylic acids is 1. The molecule has 0 aliphatic rings. The Morgan fingerprint density at radius 2 is 2.22 bits per heavy atom. The quantitative estimate of drug-likeness (QED) is 0.806. The van der Waals surface area contributed by atoms with Gasteiger partial charge in [-0.05, 0) is 25.5 Å². The summed E-state index contributed by atoms with van der Waals surface area (Å²) in [5.74, 6) is -1.17. The molecule has 0 saturated carbocycles. The van der Waals surface area contributed by atoms with E-state index < -0.39 is 5.97 Å². The Labute approximate surface area is 106 Å². The average Bonchev–Trinajstić information content (AvgIpc) is 2.28. The highest BCUT2D eigenvalue weighted by Crippen LogP contribution is 2.07. The van der Waals surface area contributed by atoms with Gasteiger partial charge in [-0.15, -0.1) is 0 Å². The van der Waals surface area contributed by atoms with E-state index in [1.807, 2.05) is 6.92 Å². The SMILES string of the molecule is CCCC(CC(=O)O)NC(=O)c1cccnc1C. The zero-order chi connectivity index (χ0) is 13.5. The summed E-state index contributed by atoms with van der Waals surface area (Å²) < 4.78 is 0. The number of nitrogens with one attached hydrogen (secondary N) is 1. The van der Waals surface area contributed by atoms with Crippen LogP contribution in [0.15, 0.2) is 18.3 Å². The monoisotopic (exact) mass is 250 g/mol. The van der Waals surface area contributed by atoms with Crippen molar-refractivity contribution >= 4 is 11.9 Å². The number of amides is 1. The molecule has 0 spiro atoms. The lowest BCUT2D eigenvalue weighted by molar-refractivity contribution is -0.137. The van der Waals surface area contributed by atoms with Crippen LogP contribution >= 0.6 is 0 Å². The molecule has 0 aliphatic carbocycles. The van der Waals surface area contributed by atoms with Crippen LogP contribution < -0.4 is 5.32 Å². The minimum absolute atomic E-state index is 0.0567. The molecule has 1 heterocycles. The summed E-state index contributed by atoms with van der Waals surface area (Å²) in [5.41, 5.74) is 1.13. The summed E-state index contributed by atoms with van der Waals surface area (Å²) in [6.07, 6.45) is 3.04. The van der Waals surface area contributed by atoms with E-state index in [-0.39, 0.29) is 18.4 Å². The van der Waals surface area contributed by atoms with Gasteiger partial charge in [-0.2, -0.15) is 0 Å². The third-order valence-corrected chi connectivity index (χ3v) is 2.64. The molecule has 2 N–H and O–H groups in total. The van der Waals surface area contributed by atoms with Crippen molar-refractivity contribution in [3.63, 3.8) is 0 Å². The molecule has 0 radical (unpaired) electrons. The Morgan fingerprint density at radius 3 is 2.78 bits per heavy atom. The molecular weight excluding hydrogens is 232 g/mol. The first-order valence-electron chi connectivity index (χ1n) is 5.98. The zero-order valence-corrected chi connectivity index (χ0v) is 10.6. The standard InChI is InChI=1S/C13H18N2O3/c1-3-5-10(8-12(16)17)15-13(18)11-6-4-7-14-9(11)2/h4,6-7,10H,3,5,8H2,1-2H3,(H,15,18)(H,16,17). The van der Waals surface area contributed by atoms with Gasteiger partial charge >= 0.3 is 5.97 Å². The van der Waals surface area contributed by atoms with Crippen LogP contribution in [0.5, 0.6) is 0 Å². The molecule has 1 rings (SSSR count). The summed E-state index contributed by atoms with van der Waals surface area (Å²) in [4.78, 5) is 26.7. The van der Waals surface area contributed by atoms with Crippen molar-refractivity contribution in [1.82, 2.24) is 10.3 Å². The van der Waals surface area contributed by atoms with Gasteiger partial charge in [0, 0.05) is 17.9 Å². The van der Waals surface area contributed by atoms with E-state index in [9.17, 15) is 9.59 Å². The van der Waals surface area contributed by atoms with E-state index in [1.165, 1.54) is 0 Å². The van der Waals surface area contributed by atoms with Gasteiger partial charge in [-0.25, -0.2) is 0 Å². The lowest BCUT2D eigenvalue weighted by Crippen LogP contribution is -2.36. The van der Waals surface area contributed by atoms with Crippen LogP contribution in [-0.4, -0.2) is 28.0 Å². The van der Waals surface area contributed by atoms with Crippen LogP contribution in [0, 0.1) is 6.92 Å². The third-order valence-electron chi connectivity index (χ3n) is 2.64. The van der Waals surface area contributed by atoms with E-state index in [2.05, 4.69) is 10.3 Å². The number of carbonyl (C=O) groups is 2. The molecule has 98 valence electrons. The smallest absolute Gasteiger partial charge is 0.305 e. The molecule has 5 heteroatoms. The van der Waals surface area contributed by atoms with Crippen molar-refractivity contribution in [2.45, 2.75) is 39.2 Å². The van der Waals surface area contributed by atoms with E-state index in [0.29, 0.717) is 17.7 Å². The minimum Gasteiger partial charge on any atom is -0.481 e. The van der Waals surface area contributed by atoms with Crippen molar-refractivity contribution in [3.8, 4) is 0 Å². The maximum absolute atomic E-state index is 12.0. The first-order valence-corrected chi connectivity index (χ1v) is 5.98. The fourth-order valence-corrected chi connectivity index (χ4v) is 1.77. The molecular formula is C13H18N2O3. The molecule has 1 atom stereocenters. The lowest BCUT2D eigenvalue weighted by atomic mass is 10.1. The van der Waals surface area contributed by atoms with Crippen LogP contribution in [0.4, 0.5) is 0 Å². The van der Waals surface area contributed by atoms with Gasteiger partial charge < -0.3 is 10.4 Å². The lowest BCUT2D eigenvalue weighted by Gasteiger charge is -2.16. The fourth-order valence-electron chi connectivity index (χ4n) is 1.77. The Morgan fingerprint density at radius 1 is 1.50 bits per heavy atom. The van der Waals surface area contributed by atoms with Gasteiger partial charge in [0.25, 0.3) is 5.91 Å². The summed E-state index contributed by atoms with van der Waals surface area (Å²) in [6, 6.07) is 3.04. The summed E-state index contributed by atoms with van der Waals surface area (Å²) in [5, 5.41) is 11.5. The Bertz CT molecular complexity index is 432. The maximum atomic E-state index is 12.0. The second-order valence-electron chi connectivity index (χ2n) is 4.19. The molecule has 1 unspecified atom stereocenters. The highest BCUT2D eigenvalue weighted by molar-refractivity contribution is 5.95. The Balaban J connectivity index is 2.72. The van der Waals surface area contributed by atoms with Crippen LogP contribution in [-0.2, 0) is 4.79 Å². The van der Waals surface area contributed by atoms with Gasteiger partial charge in [0.1, 0.15) is 0 Å². The van der Waals surface area contributed by atoms with Crippen molar-refractivity contribution in [3.05, 3.63) is 29.6 Å². The first-order chi connectivity index (χ1) is 8.54. The van der Waals surface area contributed by atoms with Crippen molar-refractivity contribution in [2.75, 3.05) is 0 Å². The van der Waals surface area contributed by atoms with Gasteiger partial charge in [0.15, 0.2) is 0 Å². The third kappa shape index (κ3) is 4.16. The second-order valence-corrected chi connectivity index (χ2v) is 4.19. The fraction of sp³-hybridized carbons (Fsp3) is 0.462. The minimum atomic E-state index is -0.906. The van der Waals surface area contributed by atoms with Gasteiger partial charge in [0.2, 0.25) is 0 Å². The number of rotatable bonds is 6. The normalized spacial score (nSPS) is 11.9. The maximum Gasteiger partial charge on any atom is 0.305 e. The zero-order valence-electron chi connectivity index (χ0n) is 10.6. The van der Waals surface area contributed by atoms with Crippen LogP contribution in [0.25, 0.3) is 0 Å². The number of aromatic nitrogens is 1. The van der Waals surface area contributed by atoms with Crippen LogP contribution in [0.2, 0.25) is 0 Å². The highest BCUT2D eigenvalue weighted by atomic mass is 16.4. The number of hydrogen-bond donors (Lipinski definition) is 2. The molecule has 1 amide bonds. The molecule has 0 aromatic carbocycles. The molecule has 0 fully saturated rings. The average molecular weight is 250 g/mol. The molecule has 1 aromatic rings. The molecule has 0 bridgehead atoms. The topological polar surface area (TPSA) is 79.3 Å². The number of aliphatic carboxylic acids is 1. The molecule has 18 heavy (non-hydrogen) atoms. The van der Waals surface area contributed by atoms with Crippen LogP contribution in [0.3, 0.4) is 0 Å². The predicted molar refractivity (Wildman–Crippen MR) is 67.4 cm³/mol. The number of carboxylic acid groups (broad SMARTS) is 1. The van der Waals surface area contributed by atoms with E-state index >= 15 is 0 Å². The number of carbonyl (C=O) groups excluding carboxylic acids is 1. The van der Waals surface area contributed by atoms with E-state index in [4.69, 9.17) is 5.11 Å². The first kappa shape index (κ1) is 14.2. The second kappa shape index (κ2) is 6.74. The molecule has 0 aliphatic heterocycles. The number of nitrogens with zero attached hydrogens (tertiary/aromatic N) is 1. The predicted octanol–water partition coefficient (Wildman–Crippen LogP) is 1.76. The molecule has 5 nitrogen and oxygen atoms in total. The number of hydrogen-bond acceptors (Lipinski definition) is 3.